The molecule has 1 fully saturated rings. The van der Waals surface area contributed by atoms with Crippen molar-refractivity contribution in [2.24, 2.45) is 0 Å². The van der Waals surface area contributed by atoms with E-state index < -0.39 is 6.04 Å². The minimum atomic E-state index is -0.601. The van der Waals surface area contributed by atoms with E-state index in [1.807, 2.05) is 12.3 Å². The average Bonchev–Trinajstić information content (AvgIpc) is 2.97. The SMILES string of the molecule is CCOC(=O)N1CCCN(C(=O)[C@H](CCSC)NC(=O)c2ccccc2Br)CC1. The van der Waals surface area contributed by atoms with Crippen molar-refractivity contribution in [2.45, 2.75) is 25.8 Å². The second kappa shape index (κ2) is 12.1. The molecule has 160 valence electrons. The Hall–Kier alpha value is -1.74. The zero-order valence-corrected chi connectivity index (χ0v) is 19.3. The number of nitrogens with zero attached hydrogens (tertiary/aromatic N) is 2. The van der Waals surface area contributed by atoms with Crippen molar-refractivity contribution in [3.8, 4) is 0 Å². The molecule has 1 saturated heterocycles. The first-order valence-corrected chi connectivity index (χ1v) is 11.9. The van der Waals surface area contributed by atoms with Gasteiger partial charge in [0, 0.05) is 30.7 Å². The maximum Gasteiger partial charge on any atom is 0.409 e. The molecule has 2 rings (SSSR count). The van der Waals surface area contributed by atoms with Crippen molar-refractivity contribution in [3.63, 3.8) is 0 Å². The summed E-state index contributed by atoms with van der Waals surface area (Å²) < 4.78 is 5.75. The van der Waals surface area contributed by atoms with E-state index in [-0.39, 0.29) is 17.9 Å². The van der Waals surface area contributed by atoms with Gasteiger partial charge in [0.1, 0.15) is 6.04 Å². The molecule has 9 heteroatoms. The summed E-state index contributed by atoms with van der Waals surface area (Å²) in [4.78, 5) is 41.2. The summed E-state index contributed by atoms with van der Waals surface area (Å²) in [5, 5.41) is 2.90. The Morgan fingerprint density at radius 2 is 1.86 bits per heavy atom. The lowest BCUT2D eigenvalue weighted by Gasteiger charge is -2.27. The first-order chi connectivity index (χ1) is 14.0. The van der Waals surface area contributed by atoms with Crippen molar-refractivity contribution >= 4 is 45.6 Å². The van der Waals surface area contributed by atoms with Crippen LogP contribution in [-0.4, -0.2) is 78.5 Å². The van der Waals surface area contributed by atoms with E-state index in [0.717, 1.165) is 5.75 Å². The molecule has 1 aliphatic rings. The first-order valence-electron chi connectivity index (χ1n) is 9.72. The summed E-state index contributed by atoms with van der Waals surface area (Å²) in [5.41, 5.74) is 0.499. The fourth-order valence-corrected chi connectivity index (χ4v) is 4.07. The topological polar surface area (TPSA) is 79.0 Å². The van der Waals surface area contributed by atoms with Crippen LogP contribution in [0.25, 0.3) is 0 Å². The predicted octanol–water partition coefficient (Wildman–Crippen LogP) is 2.99. The number of hydrogen-bond acceptors (Lipinski definition) is 5. The van der Waals surface area contributed by atoms with Crippen LogP contribution in [0.15, 0.2) is 28.7 Å². The fourth-order valence-electron chi connectivity index (χ4n) is 3.13. The molecular formula is C20H28BrN3O4S. The average molecular weight is 486 g/mol. The molecule has 0 unspecified atom stereocenters. The highest BCUT2D eigenvalue weighted by molar-refractivity contribution is 9.10. The van der Waals surface area contributed by atoms with Crippen LogP contribution in [0.4, 0.5) is 4.79 Å². The highest BCUT2D eigenvalue weighted by Gasteiger charge is 2.29. The molecule has 0 spiro atoms. The number of carbonyl (C=O) groups excluding carboxylic acids is 3. The molecule has 1 heterocycles. The molecule has 7 nitrogen and oxygen atoms in total. The van der Waals surface area contributed by atoms with Gasteiger partial charge in [-0.15, -0.1) is 0 Å². The number of halogens is 1. The quantitative estimate of drug-likeness (QED) is 0.641. The van der Waals surface area contributed by atoms with Crippen molar-refractivity contribution in [1.82, 2.24) is 15.1 Å². The minimum absolute atomic E-state index is 0.106. The van der Waals surface area contributed by atoms with Crippen LogP contribution >= 0.6 is 27.7 Å². The third-order valence-electron chi connectivity index (χ3n) is 4.67. The van der Waals surface area contributed by atoms with Gasteiger partial charge in [-0.1, -0.05) is 12.1 Å². The Kier molecular flexibility index (Phi) is 9.80. The number of amides is 3. The van der Waals surface area contributed by atoms with Crippen LogP contribution < -0.4 is 5.32 Å². The molecule has 29 heavy (non-hydrogen) atoms. The highest BCUT2D eigenvalue weighted by atomic mass is 79.9. The molecular weight excluding hydrogens is 458 g/mol. The molecule has 1 N–H and O–H groups in total. The maximum absolute atomic E-state index is 13.2. The number of nitrogens with one attached hydrogen (secondary N) is 1. The molecule has 1 atom stereocenters. The van der Waals surface area contributed by atoms with E-state index in [4.69, 9.17) is 4.74 Å². The minimum Gasteiger partial charge on any atom is -0.450 e. The van der Waals surface area contributed by atoms with Gasteiger partial charge >= 0.3 is 6.09 Å². The highest BCUT2D eigenvalue weighted by Crippen LogP contribution is 2.17. The van der Waals surface area contributed by atoms with Crippen molar-refractivity contribution in [1.29, 1.82) is 0 Å². The number of benzene rings is 1. The van der Waals surface area contributed by atoms with E-state index in [1.54, 1.807) is 46.7 Å². The summed E-state index contributed by atoms with van der Waals surface area (Å²) >= 11 is 5.02. The number of thioether (sulfide) groups is 1. The summed E-state index contributed by atoms with van der Waals surface area (Å²) in [6, 6.07) is 6.54. The van der Waals surface area contributed by atoms with Crippen molar-refractivity contribution in [3.05, 3.63) is 34.3 Å². The van der Waals surface area contributed by atoms with E-state index in [9.17, 15) is 14.4 Å². The number of carbonyl (C=O) groups is 3. The monoisotopic (exact) mass is 485 g/mol. The van der Waals surface area contributed by atoms with Gasteiger partial charge in [0.2, 0.25) is 5.91 Å². The second-order valence-electron chi connectivity index (χ2n) is 6.65. The molecule has 0 aliphatic carbocycles. The number of hydrogen-bond donors (Lipinski definition) is 1. The van der Waals surface area contributed by atoms with Crippen molar-refractivity contribution in [2.75, 3.05) is 44.8 Å². The Morgan fingerprint density at radius 1 is 1.17 bits per heavy atom. The Bertz CT molecular complexity index is 719. The van der Waals surface area contributed by atoms with E-state index in [2.05, 4.69) is 21.2 Å². The zero-order valence-electron chi connectivity index (χ0n) is 16.9. The lowest BCUT2D eigenvalue weighted by atomic mass is 10.1. The molecule has 1 aliphatic heterocycles. The zero-order chi connectivity index (χ0) is 21.2. The smallest absolute Gasteiger partial charge is 0.409 e. The molecule has 0 radical (unpaired) electrons. The van der Waals surface area contributed by atoms with Crippen LogP contribution in [0.1, 0.15) is 30.1 Å². The van der Waals surface area contributed by atoms with E-state index in [0.29, 0.717) is 55.7 Å². The molecule has 0 saturated carbocycles. The lowest BCUT2D eigenvalue weighted by molar-refractivity contribution is -0.133. The first kappa shape index (κ1) is 23.5. The van der Waals surface area contributed by atoms with Gasteiger partial charge in [-0.2, -0.15) is 11.8 Å². The van der Waals surface area contributed by atoms with Gasteiger partial charge in [0.05, 0.1) is 12.2 Å². The largest absolute Gasteiger partial charge is 0.450 e. The van der Waals surface area contributed by atoms with Crippen LogP contribution in [-0.2, 0) is 9.53 Å². The van der Waals surface area contributed by atoms with E-state index >= 15 is 0 Å². The molecule has 0 bridgehead atoms. The van der Waals surface area contributed by atoms with Crippen LogP contribution in [0.3, 0.4) is 0 Å². The van der Waals surface area contributed by atoms with Crippen LogP contribution in [0, 0.1) is 0 Å². The summed E-state index contributed by atoms with van der Waals surface area (Å²) in [7, 11) is 0. The third kappa shape index (κ3) is 6.92. The fraction of sp³-hybridized carbons (Fsp3) is 0.550. The molecule has 1 aromatic rings. The van der Waals surface area contributed by atoms with Gasteiger partial charge in [-0.05, 0) is 59.8 Å². The Morgan fingerprint density at radius 3 is 2.55 bits per heavy atom. The van der Waals surface area contributed by atoms with Crippen molar-refractivity contribution < 1.29 is 19.1 Å². The standard InChI is InChI=1S/C20H28BrN3O4S/c1-3-28-20(27)24-11-6-10-23(12-13-24)19(26)17(9-14-29-2)22-18(25)15-7-4-5-8-16(15)21/h4-5,7-8,17H,3,6,9-14H2,1-2H3,(H,22,25)/t17-/m0/s1. The van der Waals surface area contributed by atoms with Gasteiger partial charge in [-0.25, -0.2) is 4.79 Å². The van der Waals surface area contributed by atoms with Gasteiger partial charge < -0.3 is 19.9 Å². The number of rotatable bonds is 7. The molecule has 0 aromatic heterocycles. The Labute approximate surface area is 184 Å². The second-order valence-corrected chi connectivity index (χ2v) is 8.49. The third-order valence-corrected chi connectivity index (χ3v) is 6.00. The van der Waals surface area contributed by atoms with Crippen LogP contribution in [0.5, 0.6) is 0 Å². The molecule has 3 amide bonds. The summed E-state index contributed by atoms with van der Waals surface area (Å²) in [5.74, 6) is 0.375. The Balaban J connectivity index is 2.05. The van der Waals surface area contributed by atoms with Gasteiger partial charge in [-0.3, -0.25) is 9.59 Å². The summed E-state index contributed by atoms with van der Waals surface area (Å²) in [6.45, 7) is 4.07. The number of ether oxygens (including phenoxy) is 1. The van der Waals surface area contributed by atoms with Gasteiger partial charge in [0.15, 0.2) is 0 Å². The lowest BCUT2D eigenvalue weighted by Crippen LogP contribution is -2.50. The van der Waals surface area contributed by atoms with E-state index in [1.165, 1.54) is 0 Å². The maximum atomic E-state index is 13.2. The van der Waals surface area contributed by atoms with Crippen LogP contribution in [0.2, 0.25) is 0 Å². The normalized spacial score (nSPS) is 15.4. The predicted molar refractivity (Wildman–Crippen MR) is 118 cm³/mol. The molecule has 1 aromatic carbocycles. The summed E-state index contributed by atoms with van der Waals surface area (Å²) in [6.07, 6.45) is 2.86. The van der Waals surface area contributed by atoms with Gasteiger partial charge in [0.25, 0.3) is 5.91 Å².